The zero-order chi connectivity index (χ0) is 18.5. The zero-order valence-corrected chi connectivity index (χ0v) is 16.1. The maximum absolute atomic E-state index is 12.0. The molecule has 1 aliphatic carbocycles. The van der Waals surface area contributed by atoms with Gasteiger partial charge in [0.2, 0.25) is 5.91 Å². The van der Waals surface area contributed by atoms with Crippen molar-refractivity contribution < 1.29 is 4.79 Å². The van der Waals surface area contributed by atoms with E-state index in [-0.39, 0.29) is 5.91 Å². The number of nitrogens with one attached hydrogen (secondary N) is 2. The number of anilines is 1. The molecule has 0 radical (unpaired) electrons. The van der Waals surface area contributed by atoms with Crippen LogP contribution in [0.25, 0.3) is 10.9 Å². The van der Waals surface area contributed by atoms with Crippen LogP contribution in [0.1, 0.15) is 52.1 Å². The molecule has 1 aromatic heterocycles. The Bertz CT molecular complexity index is 879. The number of amides is 1. The highest BCUT2D eigenvalue weighted by Crippen LogP contribution is 2.41. The maximum Gasteiger partial charge on any atom is 0.226 e. The minimum atomic E-state index is 0.122. The first kappa shape index (κ1) is 17.1. The van der Waals surface area contributed by atoms with E-state index >= 15 is 0 Å². The van der Waals surface area contributed by atoms with Crippen LogP contribution in [0.3, 0.4) is 0 Å². The number of carbonyl (C=O) groups excluding carboxylic acids is 1. The Labute approximate surface area is 154 Å². The second-order valence-electron chi connectivity index (χ2n) is 8.51. The topological polar surface area (TPSA) is 60.5 Å². The molecule has 2 N–H and O–H groups in total. The number of hydrogen-bond donors (Lipinski definition) is 2. The molecule has 5 nitrogen and oxygen atoms in total. The van der Waals surface area contributed by atoms with Crippen molar-refractivity contribution in [1.82, 2.24) is 10.4 Å². The summed E-state index contributed by atoms with van der Waals surface area (Å²) in [4.78, 5) is 17.2. The number of carbonyl (C=O) groups is 1. The molecule has 0 bridgehead atoms. The number of fused-ring (bicyclic) bond motifs is 2. The minimum absolute atomic E-state index is 0.122. The van der Waals surface area contributed by atoms with Crippen LogP contribution >= 0.6 is 0 Å². The van der Waals surface area contributed by atoms with Gasteiger partial charge < -0.3 is 15.3 Å². The van der Waals surface area contributed by atoms with Crippen LogP contribution in [0, 0.1) is 11.3 Å². The summed E-state index contributed by atoms with van der Waals surface area (Å²) in [7, 11) is 1.83. The van der Waals surface area contributed by atoms with E-state index in [1.54, 1.807) is 4.90 Å². The van der Waals surface area contributed by atoms with Crippen molar-refractivity contribution in [2.45, 2.75) is 52.5 Å². The molecule has 2 atom stereocenters. The number of nitrogens with zero attached hydrogens (tertiary/aromatic N) is 2. The van der Waals surface area contributed by atoms with Gasteiger partial charge in [0.05, 0.1) is 17.4 Å². The van der Waals surface area contributed by atoms with Crippen LogP contribution in [0.15, 0.2) is 29.4 Å². The number of aromatic amines is 1. The van der Waals surface area contributed by atoms with Gasteiger partial charge in [-0.1, -0.05) is 20.8 Å². The highest BCUT2D eigenvalue weighted by molar-refractivity contribution is 6.06. The van der Waals surface area contributed by atoms with Crippen LogP contribution in [-0.4, -0.2) is 29.7 Å². The van der Waals surface area contributed by atoms with E-state index in [1.165, 1.54) is 19.3 Å². The Balaban J connectivity index is 1.61. The van der Waals surface area contributed by atoms with E-state index in [0.29, 0.717) is 23.8 Å². The monoisotopic (exact) mass is 352 g/mol. The highest BCUT2D eigenvalue weighted by atomic mass is 16.2. The molecule has 1 aliphatic heterocycles. The molecule has 0 spiro atoms. The van der Waals surface area contributed by atoms with Gasteiger partial charge in [-0.15, -0.1) is 0 Å². The van der Waals surface area contributed by atoms with Crippen molar-refractivity contribution in [2.75, 3.05) is 11.9 Å². The molecule has 4 rings (SSSR count). The van der Waals surface area contributed by atoms with E-state index in [1.807, 2.05) is 20.0 Å². The van der Waals surface area contributed by atoms with Gasteiger partial charge in [0.15, 0.2) is 0 Å². The molecule has 1 aromatic carbocycles. The summed E-state index contributed by atoms with van der Waals surface area (Å²) in [6.45, 7) is 6.59. The molecule has 2 heterocycles. The molecule has 2 unspecified atom stereocenters. The molecule has 2 aliphatic rings. The SMILES string of the molecule is CCC(=O)N(C)c1ccc2[nH]c(C3=NNC4CC(C)(C)CCC34)cc2c1. The van der Waals surface area contributed by atoms with Gasteiger partial charge in [-0.25, -0.2) is 0 Å². The first-order valence-corrected chi connectivity index (χ1v) is 9.61. The number of benzene rings is 1. The summed E-state index contributed by atoms with van der Waals surface area (Å²) >= 11 is 0. The molecule has 1 fully saturated rings. The fraction of sp³-hybridized carbons (Fsp3) is 0.524. The van der Waals surface area contributed by atoms with E-state index in [0.717, 1.165) is 28.0 Å². The first-order chi connectivity index (χ1) is 12.4. The summed E-state index contributed by atoms with van der Waals surface area (Å²) in [6.07, 6.45) is 4.09. The Morgan fingerprint density at radius 2 is 2.15 bits per heavy atom. The van der Waals surface area contributed by atoms with Gasteiger partial charge in [0.25, 0.3) is 0 Å². The second kappa shape index (κ2) is 6.15. The number of aromatic nitrogens is 1. The summed E-state index contributed by atoms with van der Waals surface area (Å²) in [6, 6.07) is 8.75. The third-order valence-electron chi connectivity index (χ3n) is 6.04. The van der Waals surface area contributed by atoms with Gasteiger partial charge in [-0.3, -0.25) is 4.79 Å². The summed E-state index contributed by atoms with van der Waals surface area (Å²) in [5.74, 6) is 0.608. The minimum Gasteiger partial charge on any atom is -0.353 e. The molecular weight excluding hydrogens is 324 g/mol. The molecule has 26 heavy (non-hydrogen) atoms. The van der Waals surface area contributed by atoms with Crippen LogP contribution in [0.5, 0.6) is 0 Å². The Morgan fingerprint density at radius 3 is 2.92 bits per heavy atom. The van der Waals surface area contributed by atoms with Gasteiger partial charge in [0, 0.05) is 36.0 Å². The van der Waals surface area contributed by atoms with Gasteiger partial charge >= 0.3 is 0 Å². The second-order valence-corrected chi connectivity index (χ2v) is 8.51. The fourth-order valence-electron chi connectivity index (χ4n) is 4.39. The van der Waals surface area contributed by atoms with Gasteiger partial charge in [-0.2, -0.15) is 5.10 Å². The number of hydrazone groups is 1. The standard InChI is InChI=1S/C21H28N4O/c1-5-19(26)25(4)14-6-7-16-13(10-14)11-17(22-16)20-15-8-9-21(2,3)12-18(15)23-24-20/h6-7,10-11,15,18,22-23H,5,8-9,12H2,1-4H3. The van der Waals surface area contributed by atoms with Crippen LogP contribution in [0.4, 0.5) is 5.69 Å². The number of hydrogen-bond acceptors (Lipinski definition) is 3. The molecule has 0 saturated heterocycles. The normalized spacial score (nSPS) is 24.1. The molecular formula is C21H28N4O. The maximum atomic E-state index is 12.0. The zero-order valence-electron chi connectivity index (χ0n) is 16.1. The van der Waals surface area contributed by atoms with E-state index in [9.17, 15) is 4.79 Å². The predicted octanol–water partition coefficient (Wildman–Crippen LogP) is 4.04. The number of rotatable bonds is 3. The molecule has 2 aromatic rings. The average Bonchev–Trinajstić information content (AvgIpc) is 3.21. The van der Waals surface area contributed by atoms with E-state index in [4.69, 9.17) is 0 Å². The van der Waals surface area contributed by atoms with Gasteiger partial charge in [-0.05, 0) is 48.9 Å². The molecule has 1 amide bonds. The van der Waals surface area contributed by atoms with Crippen LogP contribution in [-0.2, 0) is 4.79 Å². The largest absolute Gasteiger partial charge is 0.353 e. The third-order valence-corrected chi connectivity index (χ3v) is 6.04. The highest BCUT2D eigenvalue weighted by Gasteiger charge is 2.41. The molecule has 5 heteroatoms. The van der Waals surface area contributed by atoms with Crippen LogP contribution < -0.4 is 10.3 Å². The fourth-order valence-corrected chi connectivity index (χ4v) is 4.39. The number of H-pyrrole nitrogens is 1. The van der Waals surface area contributed by atoms with E-state index in [2.05, 4.69) is 47.6 Å². The third kappa shape index (κ3) is 2.89. The Kier molecular flexibility index (Phi) is 4.05. The Hall–Kier alpha value is -2.30. The van der Waals surface area contributed by atoms with Crippen molar-refractivity contribution in [1.29, 1.82) is 0 Å². The lowest BCUT2D eigenvalue weighted by molar-refractivity contribution is -0.118. The predicted molar refractivity (Wildman–Crippen MR) is 107 cm³/mol. The van der Waals surface area contributed by atoms with Crippen molar-refractivity contribution in [2.24, 2.45) is 16.4 Å². The summed E-state index contributed by atoms with van der Waals surface area (Å²) < 4.78 is 0. The lowest BCUT2D eigenvalue weighted by atomic mass is 9.69. The van der Waals surface area contributed by atoms with Crippen molar-refractivity contribution in [3.63, 3.8) is 0 Å². The lowest BCUT2D eigenvalue weighted by Crippen LogP contribution is -2.39. The van der Waals surface area contributed by atoms with Crippen molar-refractivity contribution in [3.8, 4) is 0 Å². The summed E-state index contributed by atoms with van der Waals surface area (Å²) in [5, 5.41) is 5.80. The quantitative estimate of drug-likeness (QED) is 0.876. The lowest BCUT2D eigenvalue weighted by Gasteiger charge is -2.37. The first-order valence-electron chi connectivity index (χ1n) is 9.61. The average molecular weight is 352 g/mol. The van der Waals surface area contributed by atoms with Crippen molar-refractivity contribution in [3.05, 3.63) is 30.0 Å². The molecule has 1 saturated carbocycles. The van der Waals surface area contributed by atoms with Crippen molar-refractivity contribution >= 4 is 28.2 Å². The van der Waals surface area contributed by atoms with Gasteiger partial charge in [0.1, 0.15) is 0 Å². The Morgan fingerprint density at radius 1 is 1.35 bits per heavy atom. The smallest absolute Gasteiger partial charge is 0.226 e. The van der Waals surface area contributed by atoms with E-state index < -0.39 is 0 Å². The molecule has 138 valence electrons. The van der Waals surface area contributed by atoms with Crippen LogP contribution in [0.2, 0.25) is 0 Å². The summed E-state index contributed by atoms with van der Waals surface area (Å²) in [5.41, 5.74) is 8.04.